The average molecular weight is 259 g/mol. The van der Waals surface area contributed by atoms with Crippen LogP contribution in [0.15, 0.2) is 33.4 Å². The maximum Gasteiger partial charge on any atom is 0.296 e. The summed E-state index contributed by atoms with van der Waals surface area (Å²) in [5.74, 6) is 0. The van der Waals surface area contributed by atoms with Gasteiger partial charge in [-0.3, -0.25) is 0 Å². The lowest BCUT2D eigenvalue weighted by molar-refractivity contribution is 0.614. The molecule has 0 saturated heterocycles. The smallest absolute Gasteiger partial charge is 0.296 e. The lowest BCUT2D eigenvalue weighted by Crippen LogP contribution is -1.99. The zero-order chi connectivity index (χ0) is 12.5. The van der Waals surface area contributed by atoms with Crippen molar-refractivity contribution in [2.24, 2.45) is 0 Å². The van der Waals surface area contributed by atoms with Crippen LogP contribution in [0, 0.1) is 6.92 Å². The largest absolute Gasteiger partial charge is 0.423 e. The highest BCUT2D eigenvalue weighted by atomic mass is 32.1. The first-order valence-electron chi connectivity index (χ1n) is 5.64. The van der Waals surface area contributed by atoms with E-state index in [1.54, 1.807) is 11.3 Å². The molecule has 0 aliphatic heterocycles. The van der Waals surface area contributed by atoms with Crippen LogP contribution in [0.3, 0.4) is 0 Å². The van der Waals surface area contributed by atoms with E-state index >= 15 is 0 Å². The van der Waals surface area contributed by atoms with E-state index in [1.165, 1.54) is 11.1 Å². The van der Waals surface area contributed by atoms with E-state index in [0.29, 0.717) is 29.3 Å². The number of thiophene rings is 1. The maximum atomic E-state index is 5.84. The number of aryl methyl sites for hydroxylation is 1. The number of hydrogen-bond acceptors (Lipinski definition) is 5. The summed E-state index contributed by atoms with van der Waals surface area (Å²) in [4.78, 5) is 4.34. The van der Waals surface area contributed by atoms with Gasteiger partial charge >= 0.3 is 0 Å². The predicted molar refractivity (Wildman–Crippen MR) is 74.8 cm³/mol. The van der Waals surface area contributed by atoms with Gasteiger partial charge in [-0.15, -0.1) is 0 Å². The van der Waals surface area contributed by atoms with Gasteiger partial charge < -0.3 is 15.5 Å². The number of fused-ring (bicyclic) bond motifs is 1. The van der Waals surface area contributed by atoms with Gasteiger partial charge in [0, 0.05) is 6.54 Å². The molecule has 3 aromatic rings. The van der Waals surface area contributed by atoms with E-state index in [0.717, 1.165) is 0 Å². The van der Waals surface area contributed by atoms with Gasteiger partial charge in [0.25, 0.3) is 6.01 Å². The molecule has 0 unspecified atom stereocenters. The summed E-state index contributed by atoms with van der Waals surface area (Å²) in [5, 5.41) is 7.43. The second kappa shape index (κ2) is 4.34. The van der Waals surface area contributed by atoms with Crippen LogP contribution in [0.2, 0.25) is 0 Å². The van der Waals surface area contributed by atoms with Gasteiger partial charge in [0.1, 0.15) is 5.52 Å². The minimum Gasteiger partial charge on any atom is -0.423 e. The van der Waals surface area contributed by atoms with Gasteiger partial charge in [-0.25, -0.2) is 0 Å². The van der Waals surface area contributed by atoms with Crippen LogP contribution in [0.4, 0.5) is 11.7 Å². The number of anilines is 2. The molecule has 0 fully saturated rings. The van der Waals surface area contributed by atoms with E-state index in [-0.39, 0.29) is 0 Å². The zero-order valence-electron chi connectivity index (χ0n) is 9.93. The summed E-state index contributed by atoms with van der Waals surface area (Å²) < 4.78 is 5.59. The Morgan fingerprint density at radius 2 is 2.28 bits per heavy atom. The SMILES string of the molecule is Cc1cscc1CNc1nc2c(N)cccc2o1. The highest BCUT2D eigenvalue weighted by Crippen LogP contribution is 2.24. The Morgan fingerprint density at radius 3 is 3.00 bits per heavy atom. The number of nitrogen functional groups attached to an aromatic ring is 1. The molecule has 3 N–H and O–H groups in total. The van der Waals surface area contributed by atoms with Crippen molar-refractivity contribution in [1.82, 2.24) is 4.98 Å². The summed E-state index contributed by atoms with van der Waals surface area (Å²) in [6.07, 6.45) is 0. The first-order chi connectivity index (χ1) is 8.74. The summed E-state index contributed by atoms with van der Waals surface area (Å²) in [6.45, 7) is 2.81. The molecule has 0 saturated carbocycles. The van der Waals surface area contributed by atoms with Crippen LogP contribution >= 0.6 is 11.3 Å². The molecule has 4 nitrogen and oxygen atoms in total. The topological polar surface area (TPSA) is 64.1 Å². The number of para-hydroxylation sites is 1. The fourth-order valence-electron chi connectivity index (χ4n) is 1.78. The van der Waals surface area contributed by atoms with E-state index in [4.69, 9.17) is 10.2 Å². The Bertz CT molecular complexity index is 686. The molecule has 2 aromatic heterocycles. The molecular weight excluding hydrogens is 246 g/mol. The molecule has 0 spiro atoms. The molecule has 2 heterocycles. The van der Waals surface area contributed by atoms with Crippen LogP contribution in [0.1, 0.15) is 11.1 Å². The molecule has 0 aliphatic carbocycles. The Hall–Kier alpha value is -2.01. The predicted octanol–water partition coefficient (Wildman–Crippen LogP) is 3.39. The molecule has 0 atom stereocenters. The number of benzene rings is 1. The van der Waals surface area contributed by atoms with Crippen LogP contribution in [-0.4, -0.2) is 4.98 Å². The second-order valence-corrected chi connectivity index (χ2v) is 4.89. The Balaban J connectivity index is 1.83. The average Bonchev–Trinajstić information content (AvgIpc) is 2.93. The number of nitrogens with two attached hydrogens (primary N) is 1. The lowest BCUT2D eigenvalue weighted by Gasteiger charge is -2.00. The van der Waals surface area contributed by atoms with Crippen molar-refractivity contribution in [2.75, 3.05) is 11.1 Å². The third-order valence-corrected chi connectivity index (χ3v) is 3.75. The highest BCUT2D eigenvalue weighted by molar-refractivity contribution is 7.08. The number of nitrogens with one attached hydrogen (secondary N) is 1. The number of hydrogen-bond donors (Lipinski definition) is 2. The molecular formula is C13H13N3OS. The van der Waals surface area contributed by atoms with E-state index < -0.39 is 0 Å². The van der Waals surface area contributed by atoms with Gasteiger partial charge in [-0.05, 0) is 40.9 Å². The Labute approximate surface area is 108 Å². The minimum absolute atomic E-state index is 0.508. The van der Waals surface area contributed by atoms with Crippen LogP contribution in [0.5, 0.6) is 0 Å². The molecule has 0 radical (unpaired) electrons. The zero-order valence-corrected chi connectivity index (χ0v) is 10.8. The molecule has 1 aromatic carbocycles. The molecule has 0 bridgehead atoms. The van der Waals surface area contributed by atoms with Crippen molar-refractivity contribution < 1.29 is 4.42 Å². The summed E-state index contributed by atoms with van der Waals surface area (Å²) in [5.41, 5.74) is 10.4. The quantitative estimate of drug-likeness (QED) is 0.708. The fourth-order valence-corrected chi connectivity index (χ4v) is 2.64. The van der Waals surface area contributed by atoms with Gasteiger partial charge in [-0.1, -0.05) is 6.07 Å². The normalized spacial score (nSPS) is 10.9. The highest BCUT2D eigenvalue weighted by Gasteiger charge is 2.08. The summed E-state index contributed by atoms with van der Waals surface area (Å²) in [6, 6.07) is 6.04. The van der Waals surface area contributed by atoms with Crippen molar-refractivity contribution in [3.8, 4) is 0 Å². The monoisotopic (exact) mass is 259 g/mol. The van der Waals surface area contributed by atoms with Crippen LogP contribution < -0.4 is 11.1 Å². The number of aromatic nitrogens is 1. The summed E-state index contributed by atoms with van der Waals surface area (Å²) >= 11 is 1.70. The van der Waals surface area contributed by atoms with Crippen molar-refractivity contribution >= 4 is 34.1 Å². The Kier molecular flexibility index (Phi) is 2.68. The Morgan fingerprint density at radius 1 is 1.39 bits per heavy atom. The van der Waals surface area contributed by atoms with Gasteiger partial charge in [0.15, 0.2) is 5.58 Å². The third kappa shape index (κ3) is 1.93. The third-order valence-electron chi connectivity index (χ3n) is 2.84. The lowest BCUT2D eigenvalue weighted by atomic mass is 10.2. The number of nitrogens with zero attached hydrogens (tertiary/aromatic N) is 1. The maximum absolute atomic E-state index is 5.84. The van der Waals surface area contributed by atoms with E-state index in [9.17, 15) is 0 Å². The van der Waals surface area contributed by atoms with Crippen LogP contribution in [-0.2, 0) is 6.54 Å². The molecule has 18 heavy (non-hydrogen) atoms. The van der Waals surface area contributed by atoms with E-state index in [1.807, 2.05) is 18.2 Å². The number of oxazole rings is 1. The summed E-state index contributed by atoms with van der Waals surface area (Å²) in [7, 11) is 0. The number of rotatable bonds is 3. The molecule has 0 amide bonds. The van der Waals surface area contributed by atoms with Crippen molar-refractivity contribution in [3.63, 3.8) is 0 Å². The van der Waals surface area contributed by atoms with Crippen molar-refractivity contribution in [2.45, 2.75) is 13.5 Å². The first kappa shape index (κ1) is 11.1. The second-order valence-electron chi connectivity index (χ2n) is 4.15. The minimum atomic E-state index is 0.508. The molecule has 3 rings (SSSR count). The molecule has 0 aliphatic rings. The van der Waals surface area contributed by atoms with Gasteiger partial charge in [0.05, 0.1) is 5.69 Å². The van der Waals surface area contributed by atoms with Gasteiger partial charge in [-0.2, -0.15) is 16.3 Å². The standard InChI is InChI=1S/C13H13N3OS/c1-8-6-18-7-9(8)5-15-13-16-12-10(14)3-2-4-11(12)17-13/h2-4,6-7H,5,14H2,1H3,(H,15,16). The van der Waals surface area contributed by atoms with Crippen LogP contribution in [0.25, 0.3) is 11.1 Å². The van der Waals surface area contributed by atoms with Gasteiger partial charge in [0.2, 0.25) is 0 Å². The molecule has 92 valence electrons. The van der Waals surface area contributed by atoms with E-state index in [2.05, 4.69) is 28.0 Å². The first-order valence-corrected chi connectivity index (χ1v) is 6.59. The van der Waals surface area contributed by atoms with Crippen molar-refractivity contribution in [1.29, 1.82) is 0 Å². The van der Waals surface area contributed by atoms with Crippen molar-refractivity contribution in [3.05, 3.63) is 40.1 Å². The molecule has 5 heteroatoms. The fraction of sp³-hybridized carbons (Fsp3) is 0.154.